The van der Waals surface area contributed by atoms with Gasteiger partial charge in [-0.15, -0.1) is 12.4 Å². The third kappa shape index (κ3) is 5.20. The Morgan fingerprint density at radius 3 is 2.54 bits per heavy atom. The fraction of sp³-hybridized carbons (Fsp3) is 0.632. The van der Waals surface area contributed by atoms with E-state index in [0.717, 1.165) is 12.8 Å². The summed E-state index contributed by atoms with van der Waals surface area (Å²) in [6.45, 7) is 3.24. The zero-order chi connectivity index (χ0) is 16.7. The van der Waals surface area contributed by atoms with Crippen LogP contribution in [0.3, 0.4) is 0 Å². The minimum atomic E-state index is -0.198. The third-order valence-corrected chi connectivity index (χ3v) is 5.16. The maximum atomic E-state index is 12.2. The molecular weight excluding hydrogens is 324 g/mol. The van der Waals surface area contributed by atoms with E-state index < -0.39 is 0 Å². The highest BCUT2D eigenvalue weighted by Gasteiger charge is 2.35. The molecule has 0 spiro atoms. The molecule has 1 aromatic carbocycles. The average Bonchev–Trinajstić information content (AvgIpc) is 2.59. The summed E-state index contributed by atoms with van der Waals surface area (Å²) < 4.78 is 5.20. The molecule has 0 aromatic heterocycles. The molecule has 1 amide bonds. The fourth-order valence-electron chi connectivity index (χ4n) is 3.75. The SMILES string of the molecule is COC(CN)CC(=O)NCC1(c2ccccc2C)CCCCC1.Cl. The van der Waals surface area contributed by atoms with E-state index in [-0.39, 0.29) is 29.8 Å². The van der Waals surface area contributed by atoms with Crippen molar-refractivity contribution >= 4 is 18.3 Å². The first-order valence-electron chi connectivity index (χ1n) is 8.67. The van der Waals surface area contributed by atoms with Crippen molar-refractivity contribution in [3.05, 3.63) is 35.4 Å². The molecule has 0 aliphatic heterocycles. The number of nitrogens with two attached hydrogens (primary N) is 1. The van der Waals surface area contributed by atoms with Gasteiger partial charge < -0.3 is 15.8 Å². The normalized spacial score (nSPS) is 17.6. The second kappa shape index (κ2) is 10.0. The Morgan fingerprint density at radius 2 is 1.96 bits per heavy atom. The van der Waals surface area contributed by atoms with Crippen molar-refractivity contribution in [2.24, 2.45) is 5.73 Å². The Morgan fingerprint density at radius 1 is 1.29 bits per heavy atom. The van der Waals surface area contributed by atoms with E-state index in [1.807, 2.05) is 0 Å². The highest BCUT2D eigenvalue weighted by Crippen LogP contribution is 2.40. The molecule has 0 heterocycles. The van der Waals surface area contributed by atoms with E-state index in [2.05, 4.69) is 36.5 Å². The molecule has 24 heavy (non-hydrogen) atoms. The van der Waals surface area contributed by atoms with Crippen LogP contribution >= 0.6 is 12.4 Å². The van der Waals surface area contributed by atoms with E-state index in [1.54, 1.807) is 7.11 Å². The Labute approximate surface area is 151 Å². The highest BCUT2D eigenvalue weighted by atomic mass is 35.5. The number of halogens is 1. The van der Waals surface area contributed by atoms with Crippen LogP contribution in [-0.2, 0) is 14.9 Å². The molecule has 1 unspecified atom stereocenters. The van der Waals surface area contributed by atoms with Gasteiger partial charge >= 0.3 is 0 Å². The molecule has 1 aliphatic carbocycles. The molecule has 4 nitrogen and oxygen atoms in total. The lowest BCUT2D eigenvalue weighted by atomic mass is 9.68. The van der Waals surface area contributed by atoms with Gasteiger partial charge in [0.1, 0.15) is 0 Å². The van der Waals surface area contributed by atoms with Crippen LogP contribution in [0.5, 0.6) is 0 Å². The number of ether oxygens (including phenoxy) is 1. The number of amides is 1. The Hall–Kier alpha value is -1.10. The lowest BCUT2D eigenvalue weighted by Gasteiger charge is -2.39. The summed E-state index contributed by atoms with van der Waals surface area (Å²) in [6, 6.07) is 8.59. The van der Waals surface area contributed by atoms with Crippen LogP contribution < -0.4 is 11.1 Å². The molecule has 3 N–H and O–H groups in total. The zero-order valence-electron chi connectivity index (χ0n) is 14.8. The maximum absolute atomic E-state index is 12.2. The summed E-state index contributed by atoms with van der Waals surface area (Å²) in [5.74, 6) is 0.0285. The molecule has 1 aliphatic rings. The standard InChI is InChI=1S/C19H30N2O2.ClH/c1-15-8-4-5-9-17(15)19(10-6-3-7-11-19)14-21-18(22)12-16(13-20)23-2;/h4-5,8-9,16H,3,6-7,10-14,20H2,1-2H3,(H,21,22);1H. The monoisotopic (exact) mass is 354 g/mol. The Balaban J connectivity index is 0.00000288. The molecule has 0 radical (unpaired) electrons. The first-order chi connectivity index (χ1) is 11.1. The Kier molecular flexibility index (Phi) is 8.74. The zero-order valence-corrected chi connectivity index (χ0v) is 15.7. The van der Waals surface area contributed by atoms with E-state index in [0.29, 0.717) is 19.5 Å². The van der Waals surface area contributed by atoms with Crippen molar-refractivity contribution in [2.45, 2.75) is 57.0 Å². The molecule has 1 saturated carbocycles. The van der Waals surface area contributed by atoms with Gasteiger partial charge in [0.25, 0.3) is 0 Å². The summed E-state index contributed by atoms with van der Waals surface area (Å²) in [4.78, 5) is 12.2. The smallest absolute Gasteiger partial charge is 0.222 e. The number of benzene rings is 1. The van der Waals surface area contributed by atoms with Gasteiger partial charge in [-0.05, 0) is 30.9 Å². The van der Waals surface area contributed by atoms with Crippen LogP contribution in [0.15, 0.2) is 24.3 Å². The lowest BCUT2D eigenvalue weighted by molar-refractivity contribution is -0.123. The summed E-state index contributed by atoms with van der Waals surface area (Å²) in [7, 11) is 1.60. The first-order valence-corrected chi connectivity index (χ1v) is 8.67. The van der Waals surface area contributed by atoms with E-state index in [4.69, 9.17) is 10.5 Å². The topological polar surface area (TPSA) is 64.3 Å². The van der Waals surface area contributed by atoms with Crippen molar-refractivity contribution in [2.75, 3.05) is 20.2 Å². The minimum absolute atomic E-state index is 0. The second-order valence-electron chi connectivity index (χ2n) is 6.73. The van der Waals surface area contributed by atoms with E-state index in [9.17, 15) is 4.79 Å². The van der Waals surface area contributed by atoms with Gasteiger partial charge in [-0.25, -0.2) is 0 Å². The molecule has 1 atom stereocenters. The average molecular weight is 355 g/mol. The number of methoxy groups -OCH3 is 1. The molecule has 0 bridgehead atoms. The van der Waals surface area contributed by atoms with Crippen molar-refractivity contribution in [1.29, 1.82) is 0 Å². The van der Waals surface area contributed by atoms with Gasteiger partial charge in [0.05, 0.1) is 12.5 Å². The predicted molar refractivity (Wildman–Crippen MR) is 101 cm³/mol. The number of nitrogens with one attached hydrogen (secondary N) is 1. The summed E-state index contributed by atoms with van der Waals surface area (Å²) in [5, 5.41) is 3.14. The van der Waals surface area contributed by atoms with Gasteiger partial charge in [0.15, 0.2) is 0 Å². The molecule has 5 heteroatoms. The predicted octanol–water partition coefficient (Wildman–Crippen LogP) is 3.10. The van der Waals surface area contributed by atoms with Crippen LogP contribution in [0.4, 0.5) is 0 Å². The van der Waals surface area contributed by atoms with Gasteiger partial charge in [-0.1, -0.05) is 43.5 Å². The van der Waals surface area contributed by atoms with Crippen molar-refractivity contribution in [3.8, 4) is 0 Å². The largest absolute Gasteiger partial charge is 0.380 e. The van der Waals surface area contributed by atoms with Crippen molar-refractivity contribution in [1.82, 2.24) is 5.32 Å². The lowest BCUT2D eigenvalue weighted by Crippen LogP contribution is -2.43. The fourth-order valence-corrected chi connectivity index (χ4v) is 3.75. The van der Waals surface area contributed by atoms with Crippen LogP contribution in [0.1, 0.15) is 49.7 Å². The molecular formula is C19H31ClN2O2. The van der Waals surface area contributed by atoms with Gasteiger partial charge in [0.2, 0.25) is 5.91 Å². The molecule has 136 valence electrons. The maximum Gasteiger partial charge on any atom is 0.222 e. The molecule has 2 rings (SSSR count). The molecule has 1 aromatic rings. The van der Waals surface area contributed by atoms with E-state index >= 15 is 0 Å². The third-order valence-electron chi connectivity index (χ3n) is 5.16. The summed E-state index contributed by atoms with van der Waals surface area (Å²) in [5.41, 5.74) is 8.39. The van der Waals surface area contributed by atoms with Crippen molar-refractivity contribution < 1.29 is 9.53 Å². The van der Waals surface area contributed by atoms with Gasteiger partial charge in [-0.2, -0.15) is 0 Å². The van der Waals surface area contributed by atoms with Crippen LogP contribution in [0, 0.1) is 6.92 Å². The second-order valence-corrected chi connectivity index (χ2v) is 6.73. The summed E-state index contributed by atoms with van der Waals surface area (Å²) in [6.07, 6.45) is 6.17. The van der Waals surface area contributed by atoms with Crippen LogP contribution in [-0.4, -0.2) is 32.2 Å². The molecule has 0 saturated heterocycles. The van der Waals surface area contributed by atoms with Crippen LogP contribution in [0.25, 0.3) is 0 Å². The summed E-state index contributed by atoms with van der Waals surface area (Å²) >= 11 is 0. The number of hydrogen-bond donors (Lipinski definition) is 2. The number of aryl methyl sites for hydroxylation is 1. The minimum Gasteiger partial charge on any atom is -0.380 e. The van der Waals surface area contributed by atoms with Gasteiger partial charge in [-0.3, -0.25) is 4.79 Å². The Bertz CT molecular complexity index is 512. The van der Waals surface area contributed by atoms with Gasteiger partial charge in [0, 0.05) is 25.6 Å². The number of carbonyl (C=O) groups excluding carboxylic acids is 1. The highest BCUT2D eigenvalue weighted by molar-refractivity contribution is 5.85. The number of rotatable bonds is 7. The first kappa shape index (κ1) is 20.9. The number of carbonyl (C=O) groups is 1. The van der Waals surface area contributed by atoms with Crippen molar-refractivity contribution in [3.63, 3.8) is 0 Å². The number of hydrogen-bond acceptors (Lipinski definition) is 3. The molecule has 1 fully saturated rings. The van der Waals surface area contributed by atoms with Crippen LogP contribution in [0.2, 0.25) is 0 Å². The van der Waals surface area contributed by atoms with E-state index in [1.165, 1.54) is 30.4 Å². The quantitative estimate of drug-likeness (QED) is 0.790.